The zero-order valence-electron chi connectivity index (χ0n) is 35.2. The topological polar surface area (TPSA) is 74.6 Å². The molecule has 62 heavy (non-hydrogen) atoms. The van der Waals surface area contributed by atoms with E-state index in [0.717, 1.165) is 39.8 Å². The predicted molar refractivity (Wildman–Crippen MR) is 258 cm³/mol. The van der Waals surface area contributed by atoms with E-state index in [1.54, 1.807) is 6.07 Å². The average Bonchev–Trinajstić information content (AvgIpc) is 3.31. The molecule has 4 nitrogen and oxygen atoms in total. The highest BCUT2D eigenvalue weighted by molar-refractivity contribution is 7.42. The van der Waals surface area contributed by atoms with Crippen LogP contribution in [0.3, 0.4) is 0 Å². The molecule has 1 unspecified atom stereocenters. The van der Waals surface area contributed by atoms with Gasteiger partial charge in [-0.2, -0.15) is 0 Å². The third-order valence-corrected chi connectivity index (χ3v) is 16.0. The molecule has 0 amide bonds. The molecule has 0 saturated carbocycles. The van der Waals surface area contributed by atoms with Crippen LogP contribution in [0.1, 0.15) is 72.0 Å². The van der Waals surface area contributed by atoms with Crippen LogP contribution in [0.2, 0.25) is 0 Å². The van der Waals surface area contributed by atoms with Crippen molar-refractivity contribution in [3.05, 3.63) is 203 Å². The van der Waals surface area contributed by atoms with Crippen molar-refractivity contribution < 1.29 is 19.8 Å². The Kier molecular flexibility index (Phi) is 10.9. The van der Waals surface area contributed by atoms with Gasteiger partial charge in [0.15, 0.2) is 0 Å². The lowest BCUT2D eigenvalue weighted by Crippen LogP contribution is -2.22. The smallest absolute Gasteiger partial charge is 0.336 e. The minimum Gasteiger partial charge on any atom is -0.481 e. The molecule has 7 aliphatic heterocycles. The summed E-state index contributed by atoms with van der Waals surface area (Å²) in [6, 6.07) is 58.8. The van der Waals surface area contributed by atoms with Crippen molar-refractivity contribution in [3.63, 3.8) is 0 Å². The third kappa shape index (κ3) is 7.49. The second kappa shape index (κ2) is 16.4. The summed E-state index contributed by atoms with van der Waals surface area (Å²) in [5.41, 5.74) is 11.2. The number of hydrogen-bond donors (Lipinski definition) is 2. The average molecular weight is 845 g/mol. The van der Waals surface area contributed by atoms with Crippen LogP contribution < -0.4 is 0 Å². The first-order chi connectivity index (χ1) is 29.9. The van der Waals surface area contributed by atoms with Crippen molar-refractivity contribution in [3.8, 4) is 66.0 Å². The van der Waals surface area contributed by atoms with E-state index < -0.39 is 11.9 Å². The van der Waals surface area contributed by atoms with Gasteiger partial charge in [-0.05, 0) is 102 Å². The molecule has 15 rings (SSSR count). The normalized spacial score (nSPS) is 15.3. The molecule has 7 aliphatic rings. The maximum absolute atomic E-state index is 13.3. The van der Waals surface area contributed by atoms with Gasteiger partial charge in [-0.15, -0.1) is 0 Å². The van der Waals surface area contributed by atoms with Crippen molar-refractivity contribution in [2.24, 2.45) is 0 Å². The van der Waals surface area contributed by atoms with Crippen molar-refractivity contribution >= 4 is 28.3 Å². The van der Waals surface area contributed by atoms with Crippen LogP contribution in [0.15, 0.2) is 170 Å². The second-order valence-electron chi connectivity index (χ2n) is 16.9. The van der Waals surface area contributed by atoms with Gasteiger partial charge >= 0.3 is 11.9 Å². The maximum atomic E-state index is 13.3. The van der Waals surface area contributed by atoms with Crippen LogP contribution in [-0.2, 0) is 22.0 Å². The Morgan fingerprint density at radius 3 is 1.53 bits per heavy atom. The minimum atomic E-state index is -1.07. The number of carbonyl (C=O) groups is 2. The Hall–Kier alpha value is -6.44. The van der Waals surface area contributed by atoms with Gasteiger partial charge in [-0.1, -0.05) is 196 Å². The van der Waals surface area contributed by atoms with Gasteiger partial charge in [0.05, 0.1) is 12.0 Å². The summed E-state index contributed by atoms with van der Waals surface area (Å²) < 4.78 is 0. The molecule has 0 spiro atoms. The quantitative estimate of drug-likeness (QED) is 0.185. The van der Waals surface area contributed by atoms with E-state index in [-0.39, 0.29) is 22.8 Å². The number of carboxylic acids is 2. The molecule has 304 valence electrons. The largest absolute Gasteiger partial charge is 0.481 e. The standard InChI is InChI=1S/C56H46O4P2/c1-5-56(4)41-30-24-38(25-31-41)44-11-7-13-46(53(44)54(59)60)45-12-6-10-43(47(45)34-52(57)58)37-20-18-35(19-21-37)36-22-28-40(29-23-36)55(2,3)51-17-9-16-50(62-51)49-15-8-14-48(61-49)39-26-32-42(56)33-27-39/h6-33H,5,34H2,1-4H3,(H,57,58)(H,59,60). The number of aliphatic carboxylic acids is 1. The Morgan fingerprint density at radius 1 is 0.468 bits per heavy atom. The molecule has 16 bridgehead atoms. The predicted octanol–water partition coefficient (Wildman–Crippen LogP) is 15.5. The molecule has 6 aromatic carbocycles. The fourth-order valence-corrected chi connectivity index (χ4v) is 11.6. The Balaban J connectivity index is 1.22. The molecular formula is C56H46O4P2. The SMILES string of the molecule is CCC1(C)c2ccc(cc2)-c2cccc(p2)-c2cccc(p2)C(C)(C)c2ccc(cc2)-c2ccc(cc2)-c2cccc(c2CC(=O)O)-c2cccc(c2C(=O)O)-c2ccc1cc2. The molecule has 0 fully saturated rings. The van der Waals surface area contributed by atoms with Crippen LogP contribution >= 0.6 is 16.4 Å². The van der Waals surface area contributed by atoms with Crippen molar-refractivity contribution in [1.82, 2.24) is 0 Å². The molecule has 0 radical (unpaired) electrons. The molecule has 0 saturated heterocycles. The Morgan fingerprint density at radius 2 is 0.919 bits per heavy atom. The van der Waals surface area contributed by atoms with Gasteiger partial charge in [0, 0.05) is 26.7 Å². The van der Waals surface area contributed by atoms with Crippen LogP contribution in [0.4, 0.5) is 0 Å². The van der Waals surface area contributed by atoms with Crippen LogP contribution in [0.25, 0.3) is 66.0 Å². The van der Waals surface area contributed by atoms with Crippen molar-refractivity contribution in [2.75, 3.05) is 0 Å². The summed E-state index contributed by atoms with van der Waals surface area (Å²) in [5, 5.41) is 26.3. The Labute approximate surface area is 366 Å². The number of rotatable bonds is 4. The van der Waals surface area contributed by atoms with E-state index >= 15 is 0 Å². The molecular weight excluding hydrogens is 799 g/mol. The first-order valence-corrected chi connectivity index (χ1v) is 22.8. The van der Waals surface area contributed by atoms with Gasteiger partial charge in [0.2, 0.25) is 0 Å². The highest BCUT2D eigenvalue weighted by Crippen LogP contribution is 2.46. The number of carboxylic acid groups (broad SMARTS) is 2. The molecule has 2 N–H and O–H groups in total. The molecule has 6 heteroatoms. The number of aromatic carboxylic acids is 1. The molecule has 9 heterocycles. The Bertz CT molecular complexity index is 2990. The van der Waals surface area contributed by atoms with Gasteiger partial charge in [-0.25, -0.2) is 4.79 Å². The van der Waals surface area contributed by atoms with Crippen molar-refractivity contribution in [1.29, 1.82) is 0 Å². The first-order valence-electron chi connectivity index (χ1n) is 21.0. The minimum absolute atomic E-state index is 0.139. The summed E-state index contributed by atoms with van der Waals surface area (Å²) in [4.78, 5) is 25.8. The third-order valence-electron chi connectivity index (χ3n) is 13.0. The zero-order valence-corrected chi connectivity index (χ0v) is 37.0. The van der Waals surface area contributed by atoms with Gasteiger partial charge in [-0.3, -0.25) is 4.79 Å². The second-order valence-corrected chi connectivity index (χ2v) is 19.2. The van der Waals surface area contributed by atoms with Crippen LogP contribution in [-0.4, -0.2) is 22.2 Å². The summed E-state index contributed by atoms with van der Waals surface area (Å²) in [6.45, 7) is 9.08. The first kappa shape index (κ1) is 40.9. The lowest BCUT2D eigenvalue weighted by molar-refractivity contribution is -0.136. The summed E-state index contributed by atoms with van der Waals surface area (Å²) in [7, 11) is 2.39. The van der Waals surface area contributed by atoms with Gasteiger partial charge in [0.25, 0.3) is 0 Å². The van der Waals surface area contributed by atoms with Gasteiger partial charge in [0.1, 0.15) is 0 Å². The van der Waals surface area contributed by atoms with E-state index in [1.165, 1.54) is 54.3 Å². The molecule has 1 atom stereocenters. The highest BCUT2D eigenvalue weighted by atomic mass is 31.0. The highest BCUT2D eigenvalue weighted by Gasteiger charge is 2.29. The summed E-state index contributed by atoms with van der Waals surface area (Å²) in [5.74, 6) is -2.06. The lowest BCUT2D eigenvalue weighted by atomic mass is 9.73. The van der Waals surface area contributed by atoms with Crippen molar-refractivity contribution in [2.45, 2.75) is 51.4 Å². The monoisotopic (exact) mass is 844 g/mol. The number of benzene rings is 6. The summed E-state index contributed by atoms with van der Waals surface area (Å²) in [6.07, 6.45) is 0.603. The van der Waals surface area contributed by atoms with E-state index in [2.05, 4.69) is 137 Å². The molecule has 0 aliphatic carbocycles. The van der Waals surface area contributed by atoms with E-state index in [9.17, 15) is 19.8 Å². The summed E-state index contributed by atoms with van der Waals surface area (Å²) >= 11 is 0. The van der Waals surface area contributed by atoms with Gasteiger partial charge < -0.3 is 10.2 Å². The van der Waals surface area contributed by atoms with E-state index in [4.69, 9.17) is 0 Å². The molecule has 8 aromatic rings. The lowest BCUT2D eigenvalue weighted by Gasteiger charge is -2.30. The van der Waals surface area contributed by atoms with E-state index in [1.807, 2.05) is 54.6 Å². The van der Waals surface area contributed by atoms with Crippen LogP contribution in [0.5, 0.6) is 0 Å². The molecule has 2 aromatic heterocycles. The van der Waals surface area contributed by atoms with Crippen LogP contribution in [0, 0.1) is 0 Å². The number of hydrogen-bond acceptors (Lipinski definition) is 2. The van der Waals surface area contributed by atoms with E-state index in [0.29, 0.717) is 22.3 Å². The maximum Gasteiger partial charge on any atom is 0.336 e. The zero-order chi connectivity index (χ0) is 43.2. The fraction of sp³-hybridized carbons (Fsp3) is 0.143. The fourth-order valence-electron chi connectivity index (χ4n) is 9.03.